The molecule has 0 spiro atoms. The van der Waals surface area contributed by atoms with Crippen molar-refractivity contribution in [3.05, 3.63) is 34.9 Å². The molecular weight excluding hydrogens is 486 g/mol. The van der Waals surface area contributed by atoms with Crippen molar-refractivity contribution >= 4 is 39.4 Å². The molecule has 0 saturated carbocycles. The normalized spacial score (nSPS) is 23.8. The summed E-state index contributed by atoms with van der Waals surface area (Å²) in [5.74, 6) is -2.83. The van der Waals surface area contributed by atoms with Crippen LogP contribution in [0.15, 0.2) is 29.2 Å². The lowest BCUT2D eigenvalue weighted by Crippen LogP contribution is -2.41. The molecule has 2 amide bonds. The molecule has 15 heteroatoms. The molecule has 11 nitrogen and oxygen atoms in total. The van der Waals surface area contributed by atoms with E-state index in [9.17, 15) is 28.3 Å². The predicted molar refractivity (Wildman–Crippen MR) is 116 cm³/mol. The molecule has 3 atom stereocenters. The van der Waals surface area contributed by atoms with Crippen LogP contribution in [0.5, 0.6) is 0 Å². The Kier molecular flexibility index (Phi) is 8.69. The van der Waals surface area contributed by atoms with E-state index in [-0.39, 0.29) is 18.3 Å². The Bertz CT molecular complexity index is 949. The second-order valence-electron chi connectivity index (χ2n) is 6.92. The Morgan fingerprint density at radius 2 is 2.12 bits per heavy atom. The lowest BCUT2D eigenvalue weighted by atomic mass is 10.1. The zero-order chi connectivity index (χ0) is 24.0. The van der Waals surface area contributed by atoms with Crippen LogP contribution in [-0.4, -0.2) is 92.6 Å². The van der Waals surface area contributed by atoms with Crippen molar-refractivity contribution in [3.8, 4) is 0 Å². The van der Waals surface area contributed by atoms with Crippen LogP contribution in [0.2, 0.25) is 0 Å². The van der Waals surface area contributed by atoms with Crippen LogP contribution in [0.1, 0.15) is 6.23 Å². The average Bonchev–Trinajstić information content (AvgIpc) is 3.28. The number of hydrogen-bond acceptors (Lipinski definition) is 10. The summed E-state index contributed by atoms with van der Waals surface area (Å²) in [6, 6.07) is 1.10. The fraction of sp³-hybridized carbons (Fsp3) is 0.556. The number of nitrogens with one attached hydrogen (secondary N) is 1. The van der Waals surface area contributed by atoms with Crippen LogP contribution in [0.4, 0.5) is 19.4 Å². The molecule has 2 aliphatic rings. The Balaban J connectivity index is 1.39. The molecule has 1 unspecified atom stereocenters. The van der Waals surface area contributed by atoms with Gasteiger partial charge in [-0.25, -0.2) is 9.59 Å². The van der Waals surface area contributed by atoms with Gasteiger partial charge in [-0.1, -0.05) is 27.7 Å². The monoisotopic (exact) mass is 508 g/mol. The van der Waals surface area contributed by atoms with Gasteiger partial charge in [0, 0.05) is 36.9 Å². The third kappa shape index (κ3) is 6.23. The minimum absolute atomic E-state index is 0.00157. The molecule has 0 radical (unpaired) electrons. The molecule has 1 saturated heterocycles. The number of halogens is 2. The maximum Gasteiger partial charge on any atom is 0.412 e. The lowest BCUT2D eigenvalue weighted by Gasteiger charge is -2.21. The number of anilines is 1. The summed E-state index contributed by atoms with van der Waals surface area (Å²) in [5.41, 5.74) is -1.15. The van der Waals surface area contributed by atoms with E-state index in [1.54, 1.807) is 11.0 Å². The highest BCUT2D eigenvalue weighted by atomic mass is 33.1. The summed E-state index contributed by atoms with van der Waals surface area (Å²) >= 11 is 0. The third-order valence-corrected chi connectivity index (χ3v) is 7.05. The zero-order valence-corrected chi connectivity index (χ0v) is 18.8. The summed E-state index contributed by atoms with van der Waals surface area (Å²) in [5, 5.41) is 20.8. The van der Waals surface area contributed by atoms with Gasteiger partial charge in [-0.05, 0) is 6.07 Å². The van der Waals surface area contributed by atoms with Crippen LogP contribution < -0.4 is 11.0 Å². The van der Waals surface area contributed by atoms with Crippen molar-refractivity contribution < 1.29 is 38.1 Å². The molecule has 2 aliphatic heterocycles. The van der Waals surface area contributed by atoms with Crippen molar-refractivity contribution in [1.82, 2.24) is 14.5 Å². The van der Waals surface area contributed by atoms with Crippen LogP contribution in [0.25, 0.3) is 0 Å². The number of amides is 2. The van der Waals surface area contributed by atoms with Gasteiger partial charge in [-0.2, -0.15) is 13.8 Å². The van der Waals surface area contributed by atoms with E-state index < -0.39 is 42.7 Å². The summed E-state index contributed by atoms with van der Waals surface area (Å²) in [7, 11) is 3.00. The second-order valence-corrected chi connectivity index (χ2v) is 9.63. The molecule has 3 rings (SSSR count). The number of carbonyl (C=O) groups excluding carboxylic acids is 2. The molecule has 1 aromatic heterocycles. The minimum Gasteiger partial charge on any atom is -0.448 e. The van der Waals surface area contributed by atoms with Crippen molar-refractivity contribution in [1.29, 1.82) is 0 Å². The van der Waals surface area contributed by atoms with E-state index in [4.69, 9.17) is 14.6 Å². The van der Waals surface area contributed by atoms with Crippen molar-refractivity contribution in [2.75, 3.05) is 43.1 Å². The first-order valence-corrected chi connectivity index (χ1v) is 12.3. The van der Waals surface area contributed by atoms with E-state index >= 15 is 0 Å². The van der Waals surface area contributed by atoms with Gasteiger partial charge in [-0.3, -0.25) is 14.7 Å². The molecule has 33 heavy (non-hydrogen) atoms. The standard InChI is InChI=1S/C18H22F2N4O7S2/c19-18(20)14(27)11(10-25)31-15(18)24-5-3-12(21-16(24)28)22-17(29)30-7-9-33-32-8-6-23-4-1-2-13(23)26/h1-3,5,11,14-15,25,27H,4,6-10H2,(H,21,22,28,29)/t11-,14?,15-/m1/s1. The maximum absolute atomic E-state index is 14.2. The van der Waals surface area contributed by atoms with Gasteiger partial charge in [0.05, 0.1) is 6.61 Å². The Morgan fingerprint density at radius 3 is 2.76 bits per heavy atom. The summed E-state index contributed by atoms with van der Waals surface area (Å²) in [6.45, 7) is 0.466. The highest BCUT2D eigenvalue weighted by Gasteiger charge is 2.59. The molecular formula is C18H22F2N4O7S2. The quantitative estimate of drug-likeness (QED) is 0.301. The minimum atomic E-state index is -3.83. The Labute approximate surface area is 194 Å². The van der Waals surface area contributed by atoms with Crippen molar-refractivity contribution in [2.24, 2.45) is 0 Å². The maximum atomic E-state index is 14.2. The molecule has 1 fully saturated rings. The average molecular weight is 509 g/mol. The topological polar surface area (TPSA) is 143 Å². The molecule has 182 valence electrons. The lowest BCUT2D eigenvalue weighted by molar-refractivity contribution is -0.140. The number of nitrogens with zero attached hydrogens (tertiary/aromatic N) is 3. The van der Waals surface area contributed by atoms with Gasteiger partial charge in [0.25, 0.3) is 0 Å². The molecule has 3 N–H and O–H groups in total. The first-order chi connectivity index (χ1) is 15.7. The fourth-order valence-electron chi connectivity index (χ4n) is 3.03. The van der Waals surface area contributed by atoms with Gasteiger partial charge >= 0.3 is 17.7 Å². The van der Waals surface area contributed by atoms with E-state index in [1.807, 2.05) is 0 Å². The van der Waals surface area contributed by atoms with Crippen molar-refractivity contribution in [3.63, 3.8) is 0 Å². The van der Waals surface area contributed by atoms with Gasteiger partial charge in [0.15, 0.2) is 6.10 Å². The van der Waals surface area contributed by atoms with Crippen LogP contribution in [0, 0.1) is 0 Å². The SMILES string of the molecule is O=C(Nc1ccn([C@@H]2O[C@H](CO)C(O)C2(F)F)c(=O)n1)OCCSSCCN1CC=CC1=O. The number of aliphatic hydroxyl groups excluding tert-OH is 2. The van der Waals surface area contributed by atoms with E-state index in [0.29, 0.717) is 23.4 Å². The number of alkyl halides is 2. The van der Waals surface area contributed by atoms with Gasteiger partial charge in [0.1, 0.15) is 18.5 Å². The predicted octanol–water partition coefficient (Wildman–Crippen LogP) is 0.457. The number of rotatable bonds is 10. The van der Waals surface area contributed by atoms with Crippen LogP contribution in [0.3, 0.4) is 0 Å². The first kappa shape index (κ1) is 25.4. The number of carbonyl (C=O) groups is 2. The van der Waals surface area contributed by atoms with Crippen molar-refractivity contribution in [2.45, 2.75) is 24.4 Å². The Hall–Kier alpha value is -2.20. The number of hydrogen-bond donors (Lipinski definition) is 3. The molecule has 3 heterocycles. The third-order valence-electron chi connectivity index (χ3n) is 4.70. The molecule has 0 aliphatic carbocycles. The molecule has 1 aromatic rings. The molecule has 0 aromatic carbocycles. The van der Waals surface area contributed by atoms with Gasteiger partial charge < -0.3 is 24.6 Å². The van der Waals surface area contributed by atoms with E-state index in [0.717, 1.165) is 18.0 Å². The van der Waals surface area contributed by atoms with Gasteiger partial charge in [0.2, 0.25) is 12.1 Å². The number of aliphatic hydroxyl groups is 2. The fourth-order valence-corrected chi connectivity index (χ4v) is 4.85. The number of aromatic nitrogens is 2. The summed E-state index contributed by atoms with van der Waals surface area (Å²) in [4.78, 5) is 40.6. The smallest absolute Gasteiger partial charge is 0.412 e. The van der Waals surface area contributed by atoms with Crippen LogP contribution in [-0.2, 0) is 14.3 Å². The summed E-state index contributed by atoms with van der Waals surface area (Å²) < 4.78 is 38.7. The van der Waals surface area contributed by atoms with E-state index in [1.165, 1.54) is 27.7 Å². The zero-order valence-electron chi connectivity index (χ0n) is 17.1. The largest absolute Gasteiger partial charge is 0.448 e. The Morgan fingerprint density at radius 1 is 1.36 bits per heavy atom. The number of ether oxygens (including phenoxy) is 2. The first-order valence-electron chi connectivity index (χ1n) is 9.79. The summed E-state index contributed by atoms with van der Waals surface area (Å²) in [6.07, 6.45) is -2.60. The van der Waals surface area contributed by atoms with E-state index in [2.05, 4.69) is 10.3 Å². The highest BCUT2D eigenvalue weighted by molar-refractivity contribution is 8.76. The van der Waals surface area contributed by atoms with Crippen LogP contribution >= 0.6 is 21.6 Å². The second kappa shape index (κ2) is 11.3. The van der Waals surface area contributed by atoms with Gasteiger partial charge in [-0.15, -0.1) is 0 Å². The highest BCUT2D eigenvalue weighted by Crippen LogP contribution is 2.41. The molecule has 0 bridgehead atoms.